The van der Waals surface area contributed by atoms with E-state index in [1.54, 1.807) is 0 Å². The molecule has 9 rings (SSSR count). The number of fused-ring (bicyclic) bond motifs is 3. The second-order valence-electron chi connectivity index (χ2n) is 12.6. The molecule has 9 aromatic rings. The smallest absolute Gasteiger partial charge is 0.143 e. The van der Waals surface area contributed by atoms with Gasteiger partial charge in [-0.1, -0.05) is 158 Å². The lowest BCUT2D eigenvalue weighted by molar-refractivity contribution is 0.670. The van der Waals surface area contributed by atoms with Gasteiger partial charge >= 0.3 is 0 Å². The molecule has 0 N–H and O–H groups in total. The molecule has 2 nitrogen and oxygen atoms in total. The first-order chi connectivity index (χ1) is 24.8. The van der Waals surface area contributed by atoms with Crippen molar-refractivity contribution in [3.05, 3.63) is 200 Å². The molecule has 0 spiro atoms. The number of anilines is 3. The van der Waals surface area contributed by atoms with Crippen LogP contribution in [0.5, 0.6) is 0 Å². The maximum Gasteiger partial charge on any atom is 0.143 e. The number of para-hydroxylation sites is 1. The first-order valence-corrected chi connectivity index (χ1v) is 17.0. The van der Waals surface area contributed by atoms with Crippen LogP contribution in [0, 0.1) is 0 Å². The Bertz CT molecular complexity index is 2530. The van der Waals surface area contributed by atoms with Crippen LogP contribution in [0.2, 0.25) is 0 Å². The van der Waals surface area contributed by atoms with Crippen molar-refractivity contribution >= 4 is 39.0 Å². The number of nitrogens with zero attached hydrogens (tertiary/aromatic N) is 1. The fraction of sp³-hybridized carbons (Fsp3) is 0. The third-order valence-electron chi connectivity index (χ3n) is 9.49. The van der Waals surface area contributed by atoms with Crippen molar-refractivity contribution in [3.63, 3.8) is 0 Å². The van der Waals surface area contributed by atoms with Crippen LogP contribution in [0.25, 0.3) is 66.4 Å². The zero-order chi connectivity index (χ0) is 33.3. The van der Waals surface area contributed by atoms with Gasteiger partial charge in [-0.2, -0.15) is 0 Å². The summed E-state index contributed by atoms with van der Waals surface area (Å²) < 4.78 is 6.53. The van der Waals surface area contributed by atoms with E-state index in [1.165, 1.54) is 33.4 Å². The molecule has 1 aromatic heterocycles. The predicted molar refractivity (Wildman–Crippen MR) is 210 cm³/mol. The average molecular weight is 640 g/mol. The van der Waals surface area contributed by atoms with E-state index < -0.39 is 0 Å². The Labute approximate surface area is 292 Å². The molecule has 0 unspecified atom stereocenters. The van der Waals surface area contributed by atoms with E-state index in [-0.39, 0.29) is 0 Å². The van der Waals surface area contributed by atoms with Crippen LogP contribution in [0.1, 0.15) is 0 Å². The fourth-order valence-electron chi connectivity index (χ4n) is 6.94. The van der Waals surface area contributed by atoms with Gasteiger partial charge in [-0.15, -0.1) is 0 Å². The summed E-state index contributed by atoms with van der Waals surface area (Å²) in [5, 5.41) is 2.20. The third kappa shape index (κ3) is 5.53. The van der Waals surface area contributed by atoms with Crippen LogP contribution >= 0.6 is 0 Å². The van der Waals surface area contributed by atoms with Gasteiger partial charge in [0.1, 0.15) is 11.2 Å². The third-order valence-corrected chi connectivity index (χ3v) is 9.49. The van der Waals surface area contributed by atoms with E-state index in [1.807, 2.05) is 6.07 Å². The Hall–Kier alpha value is -6.64. The Morgan fingerprint density at radius 1 is 0.300 bits per heavy atom. The van der Waals surface area contributed by atoms with E-state index in [2.05, 4.69) is 199 Å². The molecule has 0 atom stereocenters. The van der Waals surface area contributed by atoms with Crippen molar-refractivity contribution in [3.8, 4) is 44.5 Å². The van der Waals surface area contributed by atoms with Crippen LogP contribution in [0.15, 0.2) is 205 Å². The molecular formula is C48H33NO. The molecule has 2 heteroatoms. The molecule has 1 heterocycles. The Morgan fingerprint density at radius 3 is 1.20 bits per heavy atom. The van der Waals surface area contributed by atoms with E-state index in [9.17, 15) is 0 Å². The van der Waals surface area contributed by atoms with E-state index in [4.69, 9.17) is 4.42 Å². The molecule has 236 valence electrons. The highest BCUT2D eigenvalue weighted by Crippen LogP contribution is 2.44. The standard InChI is InChI=1S/C48H33NO/c1-4-12-34(13-5-1)36-20-22-37(23-21-36)39-26-30-42(31-27-39)49(41-28-24-38(25-29-41)35-14-6-2-7-15-35)43-32-45(40-16-8-3-9-17-40)48-46(33-43)44-18-10-11-19-47(44)50-48/h1-33H. The summed E-state index contributed by atoms with van der Waals surface area (Å²) in [6.07, 6.45) is 0. The number of hydrogen-bond donors (Lipinski definition) is 0. The molecule has 0 bridgehead atoms. The molecule has 0 aliphatic carbocycles. The molecule has 0 fully saturated rings. The Balaban J connectivity index is 1.18. The first kappa shape index (κ1) is 29.5. The highest BCUT2D eigenvalue weighted by atomic mass is 16.3. The van der Waals surface area contributed by atoms with Crippen molar-refractivity contribution in [2.24, 2.45) is 0 Å². The van der Waals surface area contributed by atoms with Gasteiger partial charge in [0.15, 0.2) is 0 Å². The molecule has 0 radical (unpaired) electrons. The molecule has 0 aliphatic rings. The van der Waals surface area contributed by atoms with E-state index in [0.29, 0.717) is 0 Å². The maximum atomic E-state index is 6.53. The summed E-state index contributed by atoms with van der Waals surface area (Å²) in [4.78, 5) is 2.35. The molecule has 0 saturated carbocycles. The van der Waals surface area contributed by atoms with Gasteiger partial charge in [0.25, 0.3) is 0 Å². The number of rotatable bonds is 7. The van der Waals surface area contributed by atoms with Crippen molar-refractivity contribution in [1.29, 1.82) is 0 Å². The van der Waals surface area contributed by atoms with Crippen molar-refractivity contribution in [2.45, 2.75) is 0 Å². The lowest BCUT2D eigenvalue weighted by Gasteiger charge is -2.27. The first-order valence-electron chi connectivity index (χ1n) is 17.0. The molecule has 0 amide bonds. The number of hydrogen-bond acceptors (Lipinski definition) is 2. The summed E-state index contributed by atoms with van der Waals surface area (Å²) in [5.41, 5.74) is 14.4. The summed E-state index contributed by atoms with van der Waals surface area (Å²) in [5.74, 6) is 0. The lowest BCUT2D eigenvalue weighted by Crippen LogP contribution is -2.10. The van der Waals surface area contributed by atoms with Crippen LogP contribution in [-0.4, -0.2) is 0 Å². The highest BCUT2D eigenvalue weighted by Gasteiger charge is 2.20. The van der Waals surface area contributed by atoms with Crippen LogP contribution in [0.4, 0.5) is 17.1 Å². The second kappa shape index (κ2) is 12.8. The van der Waals surface area contributed by atoms with Gasteiger partial charge in [-0.05, 0) is 81.4 Å². The Kier molecular flexibility index (Phi) is 7.53. The summed E-state index contributed by atoms with van der Waals surface area (Å²) in [6.45, 7) is 0. The summed E-state index contributed by atoms with van der Waals surface area (Å²) in [7, 11) is 0. The van der Waals surface area contributed by atoms with Gasteiger partial charge in [0.05, 0.1) is 0 Å². The molecule has 50 heavy (non-hydrogen) atoms. The second-order valence-corrected chi connectivity index (χ2v) is 12.6. The quantitative estimate of drug-likeness (QED) is 0.173. The van der Waals surface area contributed by atoms with Crippen LogP contribution in [0.3, 0.4) is 0 Å². The molecule has 8 aromatic carbocycles. The predicted octanol–water partition coefficient (Wildman–Crippen LogP) is 13.7. The van der Waals surface area contributed by atoms with E-state index >= 15 is 0 Å². The average Bonchev–Trinajstić information content (AvgIpc) is 3.58. The summed E-state index contributed by atoms with van der Waals surface area (Å²) >= 11 is 0. The normalized spacial score (nSPS) is 11.2. The largest absolute Gasteiger partial charge is 0.455 e. The fourth-order valence-corrected chi connectivity index (χ4v) is 6.94. The van der Waals surface area contributed by atoms with Crippen LogP contribution in [-0.2, 0) is 0 Å². The van der Waals surface area contributed by atoms with Gasteiger partial charge in [0, 0.05) is 33.4 Å². The van der Waals surface area contributed by atoms with Gasteiger partial charge in [0.2, 0.25) is 0 Å². The topological polar surface area (TPSA) is 16.4 Å². The number of benzene rings is 8. The van der Waals surface area contributed by atoms with Gasteiger partial charge in [-0.3, -0.25) is 0 Å². The maximum absolute atomic E-state index is 6.53. The highest BCUT2D eigenvalue weighted by molar-refractivity contribution is 6.11. The lowest BCUT2D eigenvalue weighted by atomic mass is 9.99. The monoisotopic (exact) mass is 639 g/mol. The zero-order valence-electron chi connectivity index (χ0n) is 27.4. The van der Waals surface area contributed by atoms with Crippen molar-refractivity contribution in [2.75, 3.05) is 4.90 Å². The van der Waals surface area contributed by atoms with Crippen molar-refractivity contribution in [1.82, 2.24) is 0 Å². The summed E-state index contributed by atoms with van der Waals surface area (Å²) in [6, 6.07) is 71.0. The van der Waals surface area contributed by atoms with Gasteiger partial charge < -0.3 is 9.32 Å². The minimum Gasteiger partial charge on any atom is -0.455 e. The SMILES string of the molecule is c1ccc(-c2ccc(-c3ccc(N(c4ccc(-c5ccccc5)cc4)c4cc(-c5ccccc5)c5oc6ccccc6c5c4)cc3)cc2)cc1. The zero-order valence-corrected chi connectivity index (χ0v) is 27.4. The minimum atomic E-state index is 0.887. The number of furan rings is 1. The molecule has 0 saturated heterocycles. The Morgan fingerprint density at radius 2 is 0.700 bits per heavy atom. The van der Waals surface area contributed by atoms with Crippen molar-refractivity contribution < 1.29 is 4.42 Å². The van der Waals surface area contributed by atoms with Crippen LogP contribution < -0.4 is 4.90 Å². The van der Waals surface area contributed by atoms with E-state index in [0.717, 1.165) is 50.1 Å². The molecular weight excluding hydrogens is 607 g/mol. The van der Waals surface area contributed by atoms with Gasteiger partial charge in [-0.25, -0.2) is 0 Å². The molecule has 0 aliphatic heterocycles. The minimum absolute atomic E-state index is 0.887.